The first-order chi connectivity index (χ1) is 14.5. The molecule has 0 aromatic heterocycles. The molecule has 2 aromatic rings. The Morgan fingerprint density at radius 3 is 2.50 bits per heavy atom. The van der Waals surface area contributed by atoms with Crippen LogP contribution in [0.5, 0.6) is 11.5 Å². The molecule has 2 aromatic carbocycles. The van der Waals surface area contributed by atoms with Crippen LogP contribution in [0.4, 0.5) is 5.69 Å². The topological polar surface area (TPSA) is 81.9 Å². The van der Waals surface area contributed by atoms with E-state index in [-0.39, 0.29) is 35.5 Å². The zero-order valence-corrected chi connectivity index (χ0v) is 17.1. The molecule has 30 heavy (non-hydrogen) atoms. The molecule has 0 aliphatic carbocycles. The van der Waals surface area contributed by atoms with Gasteiger partial charge in [-0.15, -0.1) is 0 Å². The SMILES string of the molecule is COc1cc(/C=C2/C(=O)C3CCN2CC3)cc([N+](=O)[O-])c1OCc1ccc(C)cc1. The van der Waals surface area contributed by atoms with Gasteiger partial charge < -0.3 is 14.4 Å². The number of fused-ring (bicyclic) bond motifs is 3. The zero-order chi connectivity index (χ0) is 21.3. The number of hydrogen-bond acceptors (Lipinski definition) is 6. The van der Waals surface area contributed by atoms with Crippen molar-refractivity contribution in [2.45, 2.75) is 26.4 Å². The number of nitro benzene ring substituents is 1. The van der Waals surface area contributed by atoms with E-state index in [1.54, 1.807) is 12.1 Å². The number of piperidine rings is 3. The highest BCUT2D eigenvalue weighted by Gasteiger charge is 2.36. The maximum absolute atomic E-state index is 12.6. The Hall–Kier alpha value is -3.35. The van der Waals surface area contributed by atoms with E-state index in [4.69, 9.17) is 9.47 Å². The first-order valence-electron chi connectivity index (χ1n) is 10.0. The van der Waals surface area contributed by atoms with Crippen molar-refractivity contribution in [1.29, 1.82) is 0 Å². The summed E-state index contributed by atoms with van der Waals surface area (Å²) in [6, 6.07) is 10.9. The lowest BCUT2D eigenvalue weighted by Gasteiger charge is -2.41. The smallest absolute Gasteiger partial charge is 0.315 e. The number of methoxy groups -OCH3 is 1. The Morgan fingerprint density at radius 2 is 1.90 bits per heavy atom. The summed E-state index contributed by atoms with van der Waals surface area (Å²) in [5.74, 6) is 0.540. The summed E-state index contributed by atoms with van der Waals surface area (Å²) in [5.41, 5.74) is 3.03. The number of ether oxygens (including phenoxy) is 2. The lowest BCUT2D eigenvalue weighted by atomic mass is 9.84. The summed E-state index contributed by atoms with van der Waals surface area (Å²) < 4.78 is 11.2. The summed E-state index contributed by atoms with van der Waals surface area (Å²) in [6.45, 7) is 3.87. The molecule has 0 spiro atoms. The van der Waals surface area contributed by atoms with E-state index in [1.165, 1.54) is 13.2 Å². The number of rotatable bonds is 6. The van der Waals surface area contributed by atoms with Gasteiger partial charge >= 0.3 is 5.69 Å². The third kappa shape index (κ3) is 3.87. The van der Waals surface area contributed by atoms with Gasteiger partial charge in [-0.05, 0) is 43.0 Å². The summed E-state index contributed by atoms with van der Waals surface area (Å²) in [4.78, 5) is 25.9. The van der Waals surface area contributed by atoms with Gasteiger partial charge in [-0.25, -0.2) is 0 Å². The van der Waals surface area contributed by atoms with Gasteiger partial charge in [0.2, 0.25) is 5.75 Å². The van der Waals surface area contributed by atoms with Gasteiger partial charge in [0, 0.05) is 25.1 Å². The van der Waals surface area contributed by atoms with Crippen molar-refractivity contribution in [2.24, 2.45) is 5.92 Å². The largest absolute Gasteiger partial charge is 0.493 e. The van der Waals surface area contributed by atoms with E-state index in [0.29, 0.717) is 11.3 Å². The highest BCUT2D eigenvalue weighted by Crippen LogP contribution is 2.40. The van der Waals surface area contributed by atoms with Gasteiger partial charge in [-0.3, -0.25) is 14.9 Å². The molecular weight excluding hydrogens is 384 g/mol. The number of nitro groups is 1. The van der Waals surface area contributed by atoms with Crippen LogP contribution < -0.4 is 9.47 Å². The Kier molecular flexibility index (Phi) is 5.44. The molecule has 5 rings (SSSR count). The predicted molar refractivity (Wildman–Crippen MR) is 112 cm³/mol. The molecular formula is C23H24N2O5. The molecule has 7 nitrogen and oxygen atoms in total. The van der Waals surface area contributed by atoms with E-state index in [0.717, 1.165) is 37.1 Å². The first kappa shape index (κ1) is 19.9. The van der Waals surface area contributed by atoms with Crippen LogP contribution >= 0.6 is 0 Å². The van der Waals surface area contributed by atoms with E-state index < -0.39 is 4.92 Å². The summed E-state index contributed by atoms with van der Waals surface area (Å²) in [5, 5.41) is 11.8. The minimum atomic E-state index is -0.482. The second kappa shape index (κ2) is 8.18. The zero-order valence-electron chi connectivity index (χ0n) is 17.1. The monoisotopic (exact) mass is 408 g/mol. The number of aryl methyl sites for hydroxylation is 1. The van der Waals surface area contributed by atoms with Crippen LogP contribution in [0.15, 0.2) is 42.1 Å². The highest BCUT2D eigenvalue weighted by molar-refractivity contribution is 6.02. The number of carbonyl (C=O) groups is 1. The number of carbonyl (C=O) groups excluding carboxylic acids is 1. The van der Waals surface area contributed by atoms with Gasteiger partial charge in [0.25, 0.3) is 0 Å². The standard InChI is InChI=1S/C23H24N2O5/c1-15-3-5-16(6-4-15)14-30-23-20(25(27)28)12-17(13-21(23)29-2)11-19-22(26)18-7-9-24(19)10-8-18/h3-6,11-13,18H,7-10,14H2,1-2H3/b19-11-. The van der Waals surface area contributed by atoms with Gasteiger partial charge in [0.1, 0.15) is 6.61 Å². The number of allylic oxidation sites excluding steroid dienone is 1. The normalized spacial score (nSPS) is 17.5. The third-order valence-electron chi connectivity index (χ3n) is 5.74. The molecule has 3 saturated heterocycles. The van der Waals surface area contributed by atoms with Crippen molar-refractivity contribution >= 4 is 17.5 Å². The van der Waals surface area contributed by atoms with Crippen molar-refractivity contribution in [1.82, 2.24) is 4.90 Å². The fourth-order valence-corrected chi connectivity index (χ4v) is 4.03. The van der Waals surface area contributed by atoms with Crippen molar-refractivity contribution in [3.05, 3.63) is 68.9 Å². The van der Waals surface area contributed by atoms with Crippen molar-refractivity contribution in [3.63, 3.8) is 0 Å². The van der Waals surface area contributed by atoms with E-state index in [9.17, 15) is 14.9 Å². The predicted octanol–water partition coefficient (Wildman–Crippen LogP) is 4.13. The Bertz CT molecular complexity index is 1000. The van der Waals surface area contributed by atoms with Crippen LogP contribution in [0, 0.1) is 23.0 Å². The van der Waals surface area contributed by atoms with Gasteiger partial charge in [-0.2, -0.15) is 0 Å². The summed E-state index contributed by atoms with van der Waals surface area (Å²) in [7, 11) is 1.45. The van der Waals surface area contributed by atoms with Crippen molar-refractivity contribution in [2.75, 3.05) is 20.2 Å². The Balaban J connectivity index is 1.66. The molecule has 3 heterocycles. The van der Waals surface area contributed by atoms with Crippen LogP contribution in [0.2, 0.25) is 0 Å². The molecule has 7 heteroatoms. The molecule has 3 fully saturated rings. The van der Waals surface area contributed by atoms with Crippen LogP contribution in [0.25, 0.3) is 6.08 Å². The molecule has 0 N–H and O–H groups in total. The lowest BCUT2D eigenvalue weighted by molar-refractivity contribution is -0.386. The second-order valence-corrected chi connectivity index (χ2v) is 7.76. The highest BCUT2D eigenvalue weighted by atomic mass is 16.6. The molecule has 0 radical (unpaired) electrons. The van der Waals surface area contributed by atoms with Crippen LogP contribution in [0.3, 0.4) is 0 Å². The maximum atomic E-state index is 12.6. The fraction of sp³-hybridized carbons (Fsp3) is 0.348. The van der Waals surface area contributed by atoms with Crippen LogP contribution in [0.1, 0.15) is 29.5 Å². The molecule has 156 valence electrons. The maximum Gasteiger partial charge on any atom is 0.315 e. The third-order valence-corrected chi connectivity index (χ3v) is 5.74. The molecule has 2 bridgehead atoms. The van der Waals surface area contributed by atoms with Crippen LogP contribution in [-0.4, -0.2) is 35.8 Å². The molecule has 3 aliphatic heterocycles. The minimum Gasteiger partial charge on any atom is -0.493 e. The van der Waals surface area contributed by atoms with Gasteiger partial charge in [-0.1, -0.05) is 29.8 Å². The van der Waals surface area contributed by atoms with Gasteiger partial charge in [0.15, 0.2) is 11.5 Å². The lowest BCUT2D eigenvalue weighted by Crippen LogP contribution is -2.45. The molecule has 0 amide bonds. The summed E-state index contributed by atoms with van der Waals surface area (Å²) in [6.07, 6.45) is 3.49. The molecule has 3 aliphatic rings. The number of benzene rings is 2. The number of Topliss-reactive ketones (excluding diaryl/α,β-unsaturated/α-hetero) is 1. The fourth-order valence-electron chi connectivity index (χ4n) is 4.03. The number of nitrogens with zero attached hydrogens (tertiary/aromatic N) is 2. The van der Waals surface area contributed by atoms with E-state index >= 15 is 0 Å². The number of hydrogen-bond donors (Lipinski definition) is 0. The number of ketones is 1. The quantitative estimate of drug-likeness (QED) is 0.406. The van der Waals surface area contributed by atoms with Crippen LogP contribution in [-0.2, 0) is 11.4 Å². The average molecular weight is 408 g/mol. The minimum absolute atomic E-state index is 0.0650. The Labute approximate surface area is 175 Å². The Morgan fingerprint density at radius 1 is 1.20 bits per heavy atom. The molecule has 0 atom stereocenters. The average Bonchev–Trinajstić information content (AvgIpc) is 2.76. The molecule has 0 saturated carbocycles. The van der Waals surface area contributed by atoms with Gasteiger partial charge in [0.05, 0.1) is 17.7 Å². The van der Waals surface area contributed by atoms with E-state index in [2.05, 4.69) is 4.90 Å². The second-order valence-electron chi connectivity index (χ2n) is 7.76. The van der Waals surface area contributed by atoms with E-state index in [1.807, 2.05) is 31.2 Å². The van der Waals surface area contributed by atoms with Crippen molar-refractivity contribution in [3.8, 4) is 11.5 Å². The summed E-state index contributed by atoms with van der Waals surface area (Å²) >= 11 is 0. The molecule has 0 unspecified atom stereocenters. The first-order valence-corrected chi connectivity index (χ1v) is 10.0. The van der Waals surface area contributed by atoms with Crippen molar-refractivity contribution < 1.29 is 19.2 Å².